The molecule has 0 atom stereocenters. The molecule has 0 aliphatic heterocycles. The molecule has 0 spiro atoms. The van der Waals surface area contributed by atoms with Crippen molar-refractivity contribution in [3.05, 3.63) is 0 Å². The molecule has 0 radical (unpaired) electrons. The van der Waals surface area contributed by atoms with Crippen LogP contribution in [0, 0.1) is 0 Å². The molecule has 0 aromatic carbocycles. The molecule has 0 saturated heterocycles. The zero-order valence-electron chi connectivity index (χ0n) is 8.64. The van der Waals surface area contributed by atoms with E-state index >= 15 is 0 Å². The summed E-state index contributed by atoms with van der Waals surface area (Å²) in [6, 6.07) is 0.635. The fraction of sp³-hybridized carbons (Fsp3) is 1.00. The number of hydrogen-bond donors (Lipinski definition) is 1. The minimum absolute atomic E-state index is 0.153. The van der Waals surface area contributed by atoms with E-state index in [1.165, 1.54) is 19.3 Å². The van der Waals surface area contributed by atoms with Crippen molar-refractivity contribution in [2.24, 2.45) is 5.73 Å². The molecule has 1 saturated carbocycles. The highest BCUT2D eigenvalue weighted by Crippen LogP contribution is 2.30. The zero-order valence-corrected chi connectivity index (χ0v) is 8.64. The van der Waals surface area contributed by atoms with Crippen molar-refractivity contribution in [3.63, 3.8) is 0 Å². The second kappa shape index (κ2) is 3.75. The van der Waals surface area contributed by atoms with Crippen LogP contribution in [0.25, 0.3) is 0 Å². The standard InChI is InChI=1S/C10H22N2/c1-4-12(9(2)3)8-10(11)6-5-7-10/h9H,4-8,11H2,1-3H3. The van der Waals surface area contributed by atoms with Crippen LogP contribution in [0.3, 0.4) is 0 Å². The molecule has 1 aliphatic rings. The van der Waals surface area contributed by atoms with Crippen LogP contribution in [0.5, 0.6) is 0 Å². The predicted molar refractivity (Wildman–Crippen MR) is 53.2 cm³/mol. The molecule has 0 bridgehead atoms. The maximum Gasteiger partial charge on any atom is 0.0283 e. The molecule has 1 fully saturated rings. The van der Waals surface area contributed by atoms with E-state index in [2.05, 4.69) is 25.7 Å². The summed E-state index contributed by atoms with van der Waals surface area (Å²) in [6.07, 6.45) is 3.76. The van der Waals surface area contributed by atoms with Crippen LogP contribution in [-0.4, -0.2) is 29.6 Å². The number of nitrogens with two attached hydrogens (primary N) is 1. The van der Waals surface area contributed by atoms with Crippen molar-refractivity contribution in [1.29, 1.82) is 0 Å². The van der Waals surface area contributed by atoms with Gasteiger partial charge in [-0.2, -0.15) is 0 Å². The highest BCUT2D eigenvalue weighted by atomic mass is 15.2. The molecule has 2 nitrogen and oxygen atoms in total. The highest BCUT2D eigenvalue weighted by Gasteiger charge is 2.34. The van der Waals surface area contributed by atoms with E-state index in [9.17, 15) is 0 Å². The molecule has 1 rings (SSSR count). The zero-order chi connectivity index (χ0) is 9.19. The van der Waals surface area contributed by atoms with Crippen LogP contribution in [0.4, 0.5) is 0 Å². The van der Waals surface area contributed by atoms with E-state index in [0.717, 1.165) is 13.1 Å². The van der Waals surface area contributed by atoms with E-state index in [1.807, 2.05) is 0 Å². The van der Waals surface area contributed by atoms with E-state index < -0.39 is 0 Å². The monoisotopic (exact) mass is 170 g/mol. The summed E-state index contributed by atoms with van der Waals surface area (Å²) in [6.45, 7) is 8.90. The lowest BCUT2D eigenvalue weighted by molar-refractivity contribution is 0.125. The fourth-order valence-corrected chi connectivity index (χ4v) is 1.85. The predicted octanol–water partition coefficient (Wildman–Crippen LogP) is 1.60. The third kappa shape index (κ3) is 2.20. The minimum Gasteiger partial charge on any atom is -0.324 e. The molecule has 1 aliphatic carbocycles. The molecular formula is C10H22N2. The summed E-state index contributed by atoms with van der Waals surface area (Å²) in [5.74, 6) is 0. The SMILES string of the molecule is CCN(CC1(N)CCC1)C(C)C. The first kappa shape index (κ1) is 10.0. The Morgan fingerprint density at radius 3 is 2.25 bits per heavy atom. The first-order chi connectivity index (χ1) is 5.57. The van der Waals surface area contributed by atoms with Gasteiger partial charge in [0.15, 0.2) is 0 Å². The molecule has 0 heterocycles. The Morgan fingerprint density at radius 1 is 1.42 bits per heavy atom. The summed E-state index contributed by atoms with van der Waals surface area (Å²) in [7, 11) is 0. The van der Waals surface area contributed by atoms with Gasteiger partial charge in [0, 0.05) is 18.1 Å². The Hall–Kier alpha value is -0.0800. The lowest BCUT2D eigenvalue weighted by Crippen LogP contribution is -2.56. The van der Waals surface area contributed by atoms with E-state index in [1.54, 1.807) is 0 Å². The average molecular weight is 170 g/mol. The Balaban J connectivity index is 2.36. The van der Waals surface area contributed by atoms with Gasteiger partial charge in [-0.25, -0.2) is 0 Å². The van der Waals surface area contributed by atoms with Crippen LogP contribution < -0.4 is 5.73 Å². The molecule has 0 unspecified atom stereocenters. The number of hydrogen-bond acceptors (Lipinski definition) is 2. The van der Waals surface area contributed by atoms with Crippen LogP contribution in [-0.2, 0) is 0 Å². The van der Waals surface area contributed by atoms with Gasteiger partial charge in [-0.15, -0.1) is 0 Å². The minimum atomic E-state index is 0.153. The van der Waals surface area contributed by atoms with Crippen molar-refractivity contribution < 1.29 is 0 Å². The normalized spacial score (nSPS) is 21.5. The molecule has 0 aromatic heterocycles. The van der Waals surface area contributed by atoms with Gasteiger partial charge in [0.1, 0.15) is 0 Å². The number of rotatable bonds is 4. The third-order valence-corrected chi connectivity index (χ3v) is 3.00. The topological polar surface area (TPSA) is 29.3 Å². The van der Waals surface area contributed by atoms with Crippen LogP contribution in [0.1, 0.15) is 40.0 Å². The Labute approximate surface area is 76.1 Å². The van der Waals surface area contributed by atoms with Gasteiger partial charge < -0.3 is 5.73 Å². The Kier molecular flexibility index (Phi) is 3.13. The summed E-state index contributed by atoms with van der Waals surface area (Å²) in [4.78, 5) is 2.46. The van der Waals surface area contributed by atoms with Gasteiger partial charge in [0.25, 0.3) is 0 Å². The van der Waals surface area contributed by atoms with Crippen molar-refractivity contribution in [2.75, 3.05) is 13.1 Å². The summed E-state index contributed by atoms with van der Waals surface area (Å²) in [5, 5.41) is 0. The van der Waals surface area contributed by atoms with Crippen molar-refractivity contribution in [2.45, 2.75) is 51.6 Å². The second-order valence-electron chi connectivity index (χ2n) is 4.37. The van der Waals surface area contributed by atoms with Gasteiger partial charge in [-0.3, -0.25) is 4.90 Å². The largest absolute Gasteiger partial charge is 0.324 e. The smallest absolute Gasteiger partial charge is 0.0283 e. The Morgan fingerprint density at radius 2 is 2.00 bits per heavy atom. The first-order valence-electron chi connectivity index (χ1n) is 5.10. The van der Waals surface area contributed by atoms with Gasteiger partial charge in [0.05, 0.1) is 0 Å². The summed E-state index contributed by atoms with van der Waals surface area (Å²) >= 11 is 0. The lowest BCUT2D eigenvalue weighted by atomic mass is 9.77. The van der Waals surface area contributed by atoms with Crippen molar-refractivity contribution in [1.82, 2.24) is 4.90 Å². The van der Waals surface area contributed by atoms with Crippen LogP contribution in [0.2, 0.25) is 0 Å². The third-order valence-electron chi connectivity index (χ3n) is 3.00. The van der Waals surface area contributed by atoms with E-state index in [-0.39, 0.29) is 5.54 Å². The molecule has 2 N–H and O–H groups in total. The van der Waals surface area contributed by atoms with Gasteiger partial charge in [-0.05, 0) is 39.7 Å². The molecule has 72 valence electrons. The van der Waals surface area contributed by atoms with E-state index in [4.69, 9.17) is 5.73 Å². The average Bonchev–Trinajstić information content (AvgIpc) is 1.96. The van der Waals surface area contributed by atoms with E-state index in [0.29, 0.717) is 6.04 Å². The van der Waals surface area contributed by atoms with Crippen molar-refractivity contribution >= 4 is 0 Å². The summed E-state index contributed by atoms with van der Waals surface area (Å²) < 4.78 is 0. The second-order valence-corrected chi connectivity index (χ2v) is 4.37. The first-order valence-corrected chi connectivity index (χ1v) is 5.10. The highest BCUT2D eigenvalue weighted by molar-refractivity contribution is 4.95. The van der Waals surface area contributed by atoms with Crippen LogP contribution in [0.15, 0.2) is 0 Å². The number of likely N-dealkylation sites (N-methyl/N-ethyl adjacent to an activating group) is 1. The maximum atomic E-state index is 6.18. The Bertz CT molecular complexity index is 139. The molecular weight excluding hydrogens is 148 g/mol. The molecule has 12 heavy (non-hydrogen) atoms. The maximum absolute atomic E-state index is 6.18. The van der Waals surface area contributed by atoms with Gasteiger partial charge >= 0.3 is 0 Å². The van der Waals surface area contributed by atoms with Crippen molar-refractivity contribution in [3.8, 4) is 0 Å². The molecule has 0 aromatic rings. The summed E-state index contributed by atoms with van der Waals surface area (Å²) in [5.41, 5.74) is 6.33. The molecule has 0 amide bonds. The van der Waals surface area contributed by atoms with Gasteiger partial charge in [0.2, 0.25) is 0 Å². The van der Waals surface area contributed by atoms with Gasteiger partial charge in [-0.1, -0.05) is 6.92 Å². The van der Waals surface area contributed by atoms with Crippen LogP contribution >= 0.6 is 0 Å². The molecule has 2 heteroatoms. The fourth-order valence-electron chi connectivity index (χ4n) is 1.85. The number of nitrogens with zero attached hydrogens (tertiary/aromatic N) is 1. The lowest BCUT2D eigenvalue weighted by Gasteiger charge is -2.43. The quantitative estimate of drug-likeness (QED) is 0.694.